The van der Waals surface area contributed by atoms with Crippen molar-refractivity contribution in [2.45, 2.75) is 38.3 Å². The van der Waals surface area contributed by atoms with Crippen LogP contribution in [0.15, 0.2) is 47.4 Å². The molecule has 0 aliphatic heterocycles. The molecule has 1 aromatic carbocycles. The number of carbonyl (C=O) groups is 1. The van der Waals surface area contributed by atoms with Crippen molar-refractivity contribution in [1.82, 2.24) is 9.88 Å². The number of hydrogen-bond acceptors (Lipinski definition) is 2. The number of aryl methyl sites for hydroxylation is 1. The smallest absolute Gasteiger partial charge is 0.319 e. The molecule has 2 amide bonds. The van der Waals surface area contributed by atoms with Gasteiger partial charge < -0.3 is 15.2 Å². The van der Waals surface area contributed by atoms with Gasteiger partial charge >= 0.3 is 6.03 Å². The van der Waals surface area contributed by atoms with Gasteiger partial charge in [0, 0.05) is 18.8 Å². The molecule has 1 heterocycles. The van der Waals surface area contributed by atoms with Crippen LogP contribution in [0.5, 0.6) is 0 Å². The van der Waals surface area contributed by atoms with Crippen molar-refractivity contribution in [1.29, 1.82) is 0 Å². The van der Waals surface area contributed by atoms with Gasteiger partial charge in [-0.3, -0.25) is 4.79 Å². The van der Waals surface area contributed by atoms with Crippen LogP contribution in [-0.4, -0.2) is 10.6 Å². The lowest BCUT2D eigenvalue weighted by Crippen LogP contribution is -2.52. The molecular weight excluding hydrogens is 309 g/mol. The van der Waals surface area contributed by atoms with Gasteiger partial charge in [-0.2, -0.15) is 0 Å². The van der Waals surface area contributed by atoms with E-state index in [0.29, 0.717) is 12.2 Å². The Morgan fingerprint density at radius 1 is 1.21 bits per heavy atom. The highest BCUT2D eigenvalue weighted by Crippen LogP contribution is 2.41. The molecule has 24 heavy (non-hydrogen) atoms. The molecule has 0 atom stereocenters. The molecule has 0 spiro atoms. The maximum Gasteiger partial charge on any atom is 0.319 e. The zero-order valence-corrected chi connectivity index (χ0v) is 13.5. The lowest BCUT2D eigenvalue weighted by Gasteiger charge is -2.43. The quantitative estimate of drug-likeness (QED) is 0.905. The number of pyridine rings is 1. The van der Waals surface area contributed by atoms with Crippen molar-refractivity contribution >= 4 is 11.7 Å². The number of anilines is 1. The Hall–Kier alpha value is -2.63. The van der Waals surface area contributed by atoms with Crippen LogP contribution in [0.2, 0.25) is 0 Å². The average molecular weight is 329 g/mol. The number of halogens is 1. The molecule has 1 saturated carbocycles. The van der Waals surface area contributed by atoms with Crippen LogP contribution in [-0.2, 0) is 12.1 Å². The molecule has 0 unspecified atom stereocenters. The van der Waals surface area contributed by atoms with Crippen molar-refractivity contribution in [3.05, 3.63) is 64.3 Å². The third-order valence-electron chi connectivity index (χ3n) is 4.54. The fourth-order valence-electron chi connectivity index (χ4n) is 3.02. The van der Waals surface area contributed by atoms with E-state index in [0.717, 1.165) is 24.8 Å². The second kappa shape index (κ2) is 6.47. The predicted molar refractivity (Wildman–Crippen MR) is 90.5 cm³/mol. The van der Waals surface area contributed by atoms with Crippen molar-refractivity contribution < 1.29 is 9.18 Å². The second-order valence-corrected chi connectivity index (χ2v) is 6.06. The first kappa shape index (κ1) is 16.2. The summed E-state index contributed by atoms with van der Waals surface area (Å²) in [6.45, 7) is 2.40. The summed E-state index contributed by atoms with van der Waals surface area (Å²) in [5.41, 5.74) is 0.911. The van der Waals surface area contributed by atoms with Crippen molar-refractivity contribution in [3.63, 3.8) is 0 Å². The third-order valence-corrected chi connectivity index (χ3v) is 4.54. The van der Waals surface area contributed by atoms with Crippen LogP contribution in [0.3, 0.4) is 0 Å². The highest BCUT2D eigenvalue weighted by atomic mass is 19.1. The van der Waals surface area contributed by atoms with Gasteiger partial charge in [0.2, 0.25) is 0 Å². The molecule has 0 saturated heterocycles. The normalized spacial score (nSPS) is 15.4. The molecule has 2 aromatic rings. The molecule has 0 bridgehead atoms. The largest absolute Gasteiger partial charge is 0.328 e. The Labute approximate surface area is 139 Å². The molecule has 1 aliphatic rings. The summed E-state index contributed by atoms with van der Waals surface area (Å²) >= 11 is 0. The van der Waals surface area contributed by atoms with E-state index in [1.54, 1.807) is 24.4 Å². The third kappa shape index (κ3) is 3.18. The Bertz CT molecular complexity index is 795. The summed E-state index contributed by atoms with van der Waals surface area (Å²) in [5, 5.41) is 5.77. The highest BCUT2D eigenvalue weighted by Gasteiger charge is 2.40. The summed E-state index contributed by atoms with van der Waals surface area (Å²) in [6, 6.07) is 8.92. The Morgan fingerprint density at radius 2 is 1.92 bits per heavy atom. The fraction of sp³-hybridized carbons (Fsp3) is 0.333. The number of urea groups is 1. The molecule has 3 rings (SSSR count). The Morgan fingerprint density at radius 3 is 2.50 bits per heavy atom. The lowest BCUT2D eigenvalue weighted by atomic mass is 9.72. The van der Waals surface area contributed by atoms with Gasteiger partial charge in [-0.15, -0.1) is 0 Å². The van der Waals surface area contributed by atoms with E-state index in [1.165, 1.54) is 22.8 Å². The zero-order chi connectivity index (χ0) is 17.2. The van der Waals surface area contributed by atoms with Crippen LogP contribution in [0.1, 0.15) is 31.7 Å². The first-order chi connectivity index (χ1) is 11.5. The molecule has 5 nitrogen and oxygen atoms in total. The van der Waals surface area contributed by atoms with Crippen molar-refractivity contribution in [2.75, 3.05) is 5.32 Å². The fourth-order valence-corrected chi connectivity index (χ4v) is 3.02. The number of benzene rings is 1. The van der Waals surface area contributed by atoms with Gasteiger partial charge in [0.15, 0.2) is 0 Å². The summed E-state index contributed by atoms with van der Waals surface area (Å²) in [7, 11) is 0. The number of hydrogen-bond donors (Lipinski definition) is 2. The second-order valence-electron chi connectivity index (χ2n) is 6.06. The molecule has 0 radical (unpaired) electrons. The topological polar surface area (TPSA) is 63.1 Å². The van der Waals surface area contributed by atoms with Crippen molar-refractivity contribution in [2.24, 2.45) is 0 Å². The SMILES string of the molecule is CCn1cc(NC(=O)NC2(c3ccc(F)cc3)CCC2)ccc1=O. The van der Waals surface area contributed by atoms with Crippen LogP contribution in [0.4, 0.5) is 14.9 Å². The molecule has 6 heteroatoms. The molecule has 1 aliphatic carbocycles. The average Bonchev–Trinajstić information content (AvgIpc) is 2.54. The summed E-state index contributed by atoms with van der Waals surface area (Å²) in [6.07, 6.45) is 4.27. The van der Waals surface area contributed by atoms with Crippen LogP contribution >= 0.6 is 0 Å². The molecular formula is C18H20FN3O2. The molecule has 126 valence electrons. The minimum Gasteiger partial charge on any atom is -0.328 e. The van der Waals surface area contributed by atoms with E-state index in [-0.39, 0.29) is 17.4 Å². The zero-order valence-electron chi connectivity index (χ0n) is 13.5. The Kier molecular flexibility index (Phi) is 4.38. The van der Waals surface area contributed by atoms with E-state index in [2.05, 4.69) is 10.6 Å². The number of nitrogens with one attached hydrogen (secondary N) is 2. The monoisotopic (exact) mass is 329 g/mol. The van der Waals surface area contributed by atoms with Gasteiger partial charge in [0.1, 0.15) is 5.82 Å². The van der Waals surface area contributed by atoms with Crippen LogP contribution in [0.25, 0.3) is 0 Å². The van der Waals surface area contributed by atoms with Gasteiger partial charge in [0.25, 0.3) is 5.56 Å². The maximum absolute atomic E-state index is 13.1. The summed E-state index contributed by atoms with van der Waals surface area (Å²) in [4.78, 5) is 24.0. The van der Waals surface area contributed by atoms with E-state index < -0.39 is 5.54 Å². The summed E-state index contributed by atoms with van der Waals surface area (Å²) < 4.78 is 14.6. The molecule has 2 N–H and O–H groups in total. The number of carbonyl (C=O) groups excluding carboxylic acids is 1. The van der Waals surface area contributed by atoms with Gasteiger partial charge in [-0.1, -0.05) is 12.1 Å². The van der Waals surface area contributed by atoms with Crippen LogP contribution < -0.4 is 16.2 Å². The summed E-state index contributed by atoms with van der Waals surface area (Å²) in [5.74, 6) is -0.292. The minimum atomic E-state index is -0.447. The number of nitrogens with zero attached hydrogens (tertiary/aromatic N) is 1. The first-order valence-corrected chi connectivity index (χ1v) is 8.08. The van der Waals surface area contributed by atoms with Gasteiger partial charge in [0.05, 0.1) is 11.2 Å². The number of amides is 2. The van der Waals surface area contributed by atoms with Gasteiger partial charge in [-0.25, -0.2) is 9.18 Å². The standard InChI is InChI=1S/C18H20FN3O2/c1-2-22-12-15(8-9-16(22)23)20-17(24)21-18(10-3-11-18)13-4-6-14(19)7-5-13/h4-9,12H,2-3,10-11H2,1H3,(H2,20,21,24). The van der Waals surface area contributed by atoms with Crippen molar-refractivity contribution in [3.8, 4) is 0 Å². The van der Waals surface area contributed by atoms with Gasteiger partial charge in [-0.05, 0) is 49.9 Å². The lowest BCUT2D eigenvalue weighted by molar-refractivity contribution is 0.185. The molecule has 1 fully saturated rings. The van der Waals surface area contributed by atoms with E-state index in [9.17, 15) is 14.0 Å². The van der Waals surface area contributed by atoms with Crippen LogP contribution in [0, 0.1) is 5.82 Å². The van der Waals surface area contributed by atoms with E-state index in [1.807, 2.05) is 6.92 Å². The predicted octanol–water partition coefficient (Wildman–Crippen LogP) is 3.21. The molecule has 1 aromatic heterocycles. The maximum atomic E-state index is 13.1. The highest BCUT2D eigenvalue weighted by molar-refractivity contribution is 5.89. The first-order valence-electron chi connectivity index (χ1n) is 8.08. The van der Waals surface area contributed by atoms with E-state index >= 15 is 0 Å². The minimum absolute atomic E-state index is 0.106. The van der Waals surface area contributed by atoms with E-state index in [4.69, 9.17) is 0 Å². The number of aromatic nitrogens is 1. The number of rotatable bonds is 4. The Balaban J connectivity index is 1.73.